The number of thiazole rings is 1. The number of thioether (sulfide) groups is 1. The number of nitrogens with two attached hydrogens (primary N) is 1. The van der Waals surface area contributed by atoms with Crippen molar-refractivity contribution >= 4 is 23.1 Å². The Morgan fingerprint density at radius 2 is 2.33 bits per heavy atom. The molecule has 86 valence electrons. The van der Waals surface area contributed by atoms with E-state index in [1.807, 2.05) is 11.8 Å². The second kappa shape index (κ2) is 7.25. The Balaban J connectivity index is 2.47. The van der Waals surface area contributed by atoms with Crippen molar-refractivity contribution in [2.45, 2.75) is 38.4 Å². The van der Waals surface area contributed by atoms with Crippen LogP contribution in [0.25, 0.3) is 0 Å². The van der Waals surface area contributed by atoms with Gasteiger partial charge in [-0.1, -0.05) is 13.8 Å². The third kappa shape index (κ3) is 4.13. The highest BCUT2D eigenvalue weighted by Gasteiger charge is 2.11. The van der Waals surface area contributed by atoms with Gasteiger partial charge in [-0.2, -0.15) is 11.8 Å². The molecule has 0 fully saturated rings. The van der Waals surface area contributed by atoms with Gasteiger partial charge in [-0.15, -0.1) is 11.3 Å². The van der Waals surface area contributed by atoms with Crippen molar-refractivity contribution in [3.63, 3.8) is 0 Å². The first kappa shape index (κ1) is 13.0. The van der Waals surface area contributed by atoms with E-state index >= 15 is 0 Å². The van der Waals surface area contributed by atoms with E-state index in [1.165, 1.54) is 22.9 Å². The smallest absolute Gasteiger partial charge is 0.103 e. The van der Waals surface area contributed by atoms with Crippen molar-refractivity contribution < 1.29 is 0 Å². The fourth-order valence-corrected chi connectivity index (χ4v) is 3.23. The van der Waals surface area contributed by atoms with Gasteiger partial charge in [-0.25, -0.2) is 4.98 Å². The predicted octanol–water partition coefficient (Wildman–Crippen LogP) is 3.24. The molecule has 1 rings (SSSR count). The third-order valence-corrected chi connectivity index (χ3v) is 4.56. The van der Waals surface area contributed by atoms with E-state index in [9.17, 15) is 0 Å². The van der Waals surface area contributed by atoms with Crippen LogP contribution in [0.1, 0.15) is 43.3 Å². The Morgan fingerprint density at radius 1 is 1.53 bits per heavy atom. The summed E-state index contributed by atoms with van der Waals surface area (Å²) in [7, 11) is 0. The van der Waals surface area contributed by atoms with Crippen LogP contribution in [0.5, 0.6) is 0 Å². The van der Waals surface area contributed by atoms with Crippen molar-refractivity contribution in [2.75, 3.05) is 12.3 Å². The van der Waals surface area contributed by atoms with Gasteiger partial charge in [0.1, 0.15) is 5.01 Å². The van der Waals surface area contributed by atoms with Crippen LogP contribution < -0.4 is 5.73 Å². The lowest BCUT2D eigenvalue weighted by Crippen LogP contribution is -2.11. The summed E-state index contributed by atoms with van der Waals surface area (Å²) in [5.74, 6) is 2.73. The first-order valence-electron chi connectivity index (χ1n) is 5.53. The second-order valence-corrected chi connectivity index (χ2v) is 5.61. The molecule has 0 radical (unpaired) electrons. The molecule has 0 spiro atoms. The zero-order valence-corrected chi connectivity index (χ0v) is 11.2. The normalized spacial score (nSPS) is 13.0. The molecule has 1 aromatic rings. The van der Waals surface area contributed by atoms with Gasteiger partial charge < -0.3 is 5.73 Å². The molecular weight excluding hydrogens is 224 g/mol. The molecule has 0 bridgehead atoms. The van der Waals surface area contributed by atoms with E-state index in [4.69, 9.17) is 5.73 Å². The van der Waals surface area contributed by atoms with Crippen LogP contribution in [0.3, 0.4) is 0 Å². The summed E-state index contributed by atoms with van der Waals surface area (Å²) in [5.41, 5.74) is 6.90. The molecule has 1 aromatic heterocycles. The fourth-order valence-electron chi connectivity index (χ4n) is 1.38. The minimum Gasteiger partial charge on any atom is -0.330 e. The molecule has 0 aliphatic carbocycles. The lowest BCUT2D eigenvalue weighted by molar-refractivity contribution is 0.657. The van der Waals surface area contributed by atoms with Crippen LogP contribution in [0.15, 0.2) is 5.38 Å². The minimum absolute atomic E-state index is 0.450. The summed E-state index contributed by atoms with van der Waals surface area (Å²) >= 11 is 3.73. The van der Waals surface area contributed by atoms with Crippen molar-refractivity contribution in [3.05, 3.63) is 16.1 Å². The molecule has 0 amide bonds. The molecule has 0 saturated carbocycles. The standard InChI is InChI=1S/C11H20N2S2/c1-3-5-14-8-11-13-10(7-15-11)9(4-2)6-12/h7,9H,3-6,8,12H2,1-2H3. The number of hydrogen-bond acceptors (Lipinski definition) is 4. The van der Waals surface area contributed by atoms with Crippen molar-refractivity contribution in [1.82, 2.24) is 4.98 Å². The number of nitrogens with zero attached hydrogens (tertiary/aromatic N) is 1. The summed E-state index contributed by atoms with van der Waals surface area (Å²) in [4.78, 5) is 4.64. The highest BCUT2D eigenvalue weighted by atomic mass is 32.2. The van der Waals surface area contributed by atoms with Crippen LogP contribution in [-0.4, -0.2) is 17.3 Å². The average Bonchev–Trinajstić information content (AvgIpc) is 2.69. The first-order valence-corrected chi connectivity index (χ1v) is 7.57. The summed E-state index contributed by atoms with van der Waals surface area (Å²) in [6.45, 7) is 5.09. The summed E-state index contributed by atoms with van der Waals surface area (Å²) in [6, 6.07) is 0. The highest BCUT2D eigenvalue weighted by molar-refractivity contribution is 7.98. The zero-order chi connectivity index (χ0) is 11.1. The van der Waals surface area contributed by atoms with Gasteiger partial charge in [0.05, 0.1) is 5.69 Å². The Bertz CT molecular complexity index is 269. The van der Waals surface area contributed by atoms with Crippen molar-refractivity contribution in [1.29, 1.82) is 0 Å². The Hall–Kier alpha value is -0.0600. The number of rotatable bonds is 7. The molecule has 2 nitrogen and oxygen atoms in total. The van der Waals surface area contributed by atoms with Crippen LogP contribution in [0, 0.1) is 0 Å². The van der Waals surface area contributed by atoms with Crippen LogP contribution in [0.4, 0.5) is 0 Å². The molecule has 0 aromatic carbocycles. The topological polar surface area (TPSA) is 38.9 Å². The number of hydrogen-bond donors (Lipinski definition) is 1. The molecule has 0 saturated heterocycles. The molecule has 4 heteroatoms. The summed E-state index contributed by atoms with van der Waals surface area (Å²) < 4.78 is 0. The van der Waals surface area contributed by atoms with E-state index in [0.29, 0.717) is 12.5 Å². The average molecular weight is 244 g/mol. The largest absolute Gasteiger partial charge is 0.330 e. The lowest BCUT2D eigenvalue weighted by Gasteiger charge is -2.07. The first-order chi connectivity index (χ1) is 7.31. The Morgan fingerprint density at radius 3 is 2.93 bits per heavy atom. The van der Waals surface area contributed by atoms with Gasteiger partial charge >= 0.3 is 0 Å². The van der Waals surface area contributed by atoms with Crippen molar-refractivity contribution in [3.8, 4) is 0 Å². The predicted molar refractivity (Wildman–Crippen MR) is 70.7 cm³/mol. The van der Waals surface area contributed by atoms with E-state index in [-0.39, 0.29) is 0 Å². The quantitative estimate of drug-likeness (QED) is 0.748. The fraction of sp³-hybridized carbons (Fsp3) is 0.727. The zero-order valence-electron chi connectivity index (χ0n) is 9.53. The van der Waals surface area contributed by atoms with E-state index in [2.05, 4.69) is 24.2 Å². The van der Waals surface area contributed by atoms with E-state index < -0.39 is 0 Å². The molecule has 15 heavy (non-hydrogen) atoms. The maximum Gasteiger partial charge on any atom is 0.103 e. The van der Waals surface area contributed by atoms with E-state index in [0.717, 1.165) is 12.2 Å². The third-order valence-electron chi connectivity index (χ3n) is 2.34. The molecule has 1 atom stereocenters. The van der Waals surface area contributed by atoms with Gasteiger partial charge in [-0.3, -0.25) is 0 Å². The molecular formula is C11H20N2S2. The Kier molecular flexibility index (Phi) is 6.29. The van der Waals surface area contributed by atoms with Gasteiger partial charge in [0.25, 0.3) is 0 Å². The monoisotopic (exact) mass is 244 g/mol. The van der Waals surface area contributed by atoms with Crippen LogP contribution >= 0.6 is 23.1 Å². The van der Waals surface area contributed by atoms with Gasteiger partial charge in [0.2, 0.25) is 0 Å². The minimum atomic E-state index is 0.450. The number of aromatic nitrogens is 1. The van der Waals surface area contributed by atoms with Crippen LogP contribution in [0.2, 0.25) is 0 Å². The summed E-state index contributed by atoms with van der Waals surface area (Å²) in [6.07, 6.45) is 2.32. The second-order valence-electron chi connectivity index (χ2n) is 3.56. The lowest BCUT2D eigenvalue weighted by atomic mass is 10.0. The molecule has 1 heterocycles. The van der Waals surface area contributed by atoms with Gasteiger partial charge in [0, 0.05) is 23.6 Å². The van der Waals surface area contributed by atoms with E-state index in [1.54, 1.807) is 11.3 Å². The molecule has 2 N–H and O–H groups in total. The molecule has 1 unspecified atom stereocenters. The maximum absolute atomic E-state index is 5.71. The molecule has 0 aliphatic heterocycles. The van der Waals surface area contributed by atoms with Crippen molar-refractivity contribution in [2.24, 2.45) is 5.73 Å². The Labute approximate surface area is 101 Å². The van der Waals surface area contributed by atoms with Gasteiger partial charge in [-0.05, 0) is 18.6 Å². The van der Waals surface area contributed by atoms with Gasteiger partial charge in [0.15, 0.2) is 0 Å². The maximum atomic E-state index is 5.71. The highest BCUT2D eigenvalue weighted by Crippen LogP contribution is 2.23. The summed E-state index contributed by atoms with van der Waals surface area (Å²) in [5, 5.41) is 3.42. The SMILES string of the molecule is CCCSCc1nc(C(CC)CN)cs1. The molecule has 0 aliphatic rings. The van der Waals surface area contributed by atoms with Crippen LogP contribution in [-0.2, 0) is 5.75 Å².